The van der Waals surface area contributed by atoms with Crippen LogP contribution in [0.25, 0.3) is 0 Å². The summed E-state index contributed by atoms with van der Waals surface area (Å²) in [6.07, 6.45) is 1.69. The van der Waals surface area contributed by atoms with Gasteiger partial charge in [0, 0.05) is 42.2 Å². The summed E-state index contributed by atoms with van der Waals surface area (Å²) < 4.78 is 14.4. The number of halogens is 1. The molecule has 38 heavy (non-hydrogen) atoms. The van der Waals surface area contributed by atoms with Gasteiger partial charge in [0.1, 0.15) is 5.82 Å². The van der Waals surface area contributed by atoms with E-state index in [0.29, 0.717) is 5.56 Å². The van der Waals surface area contributed by atoms with Crippen LogP contribution in [0.3, 0.4) is 0 Å². The van der Waals surface area contributed by atoms with Crippen molar-refractivity contribution in [2.24, 2.45) is 0 Å². The maximum atomic E-state index is 14.4. The molecule has 0 spiro atoms. The van der Waals surface area contributed by atoms with Crippen molar-refractivity contribution >= 4 is 28.8 Å². The Kier molecular flexibility index (Phi) is 9.17. The second kappa shape index (κ2) is 12.5. The molecule has 0 saturated carbocycles. The van der Waals surface area contributed by atoms with E-state index in [4.69, 9.17) is 0 Å². The van der Waals surface area contributed by atoms with Crippen molar-refractivity contribution in [3.63, 3.8) is 0 Å². The number of benzene rings is 2. The number of nitrogens with zero attached hydrogens (tertiary/aromatic N) is 3. The summed E-state index contributed by atoms with van der Waals surface area (Å²) in [6.45, 7) is 10.7. The van der Waals surface area contributed by atoms with E-state index in [0.717, 1.165) is 38.2 Å². The summed E-state index contributed by atoms with van der Waals surface area (Å²) in [5.74, 6) is -1.07. The standard InChI is InChI=1S/C30H37FN4O2S/c1-21(2)34(22(3)4)30(37)23-11-13-24(14-12-23)35(32-29(36)27-9-5-6-10-28(27)31)25-15-17-33(18-16-25)20-26-8-7-19-38-26/h5-14,19,21-22,25H,15-18,20H2,1-4H3,(H,32,36). The molecule has 8 heteroatoms. The predicted octanol–water partition coefficient (Wildman–Crippen LogP) is 5.96. The zero-order valence-electron chi connectivity index (χ0n) is 22.6. The molecule has 202 valence electrons. The lowest BCUT2D eigenvalue weighted by atomic mass is 10.0. The van der Waals surface area contributed by atoms with Gasteiger partial charge in [-0.2, -0.15) is 0 Å². The molecule has 2 aromatic carbocycles. The van der Waals surface area contributed by atoms with Crippen LogP contribution in [0.2, 0.25) is 0 Å². The molecular formula is C30H37FN4O2S. The van der Waals surface area contributed by atoms with E-state index in [9.17, 15) is 14.0 Å². The van der Waals surface area contributed by atoms with Crippen LogP contribution in [-0.2, 0) is 6.54 Å². The number of carbonyl (C=O) groups is 2. The second-order valence-electron chi connectivity index (χ2n) is 10.3. The molecule has 0 bridgehead atoms. The van der Waals surface area contributed by atoms with Gasteiger partial charge in [-0.05, 0) is 88.4 Å². The van der Waals surface area contributed by atoms with Gasteiger partial charge in [0.05, 0.1) is 17.3 Å². The Labute approximate surface area is 229 Å². The molecule has 2 amide bonds. The van der Waals surface area contributed by atoms with E-state index in [1.807, 2.05) is 61.9 Å². The van der Waals surface area contributed by atoms with Crippen molar-refractivity contribution in [3.8, 4) is 0 Å². The average Bonchev–Trinajstić information content (AvgIpc) is 3.41. The molecule has 0 aliphatic carbocycles. The molecule has 1 aliphatic rings. The van der Waals surface area contributed by atoms with E-state index < -0.39 is 11.7 Å². The molecular weight excluding hydrogens is 499 g/mol. The van der Waals surface area contributed by atoms with E-state index in [1.54, 1.807) is 23.5 Å². The van der Waals surface area contributed by atoms with Crippen LogP contribution in [0.4, 0.5) is 10.1 Å². The summed E-state index contributed by atoms with van der Waals surface area (Å²) in [7, 11) is 0. The fraction of sp³-hybridized carbons (Fsp3) is 0.400. The molecule has 1 N–H and O–H groups in total. The quantitative estimate of drug-likeness (QED) is 0.343. The summed E-state index contributed by atoms with van der Waals surface area (Å²) in [5.41, 5.74) is 4.34. The predicted molar refractivity (Wildman–Crippen MR) is 152 cm³/mol. The van der Waals surface area contributed by atoms with Crippen molar-refractivity contribution in [2.45, 2.75) is 65.2 Å². The first kappa shape index (κ1) is 27.8. The van der Waals surface area contributed by atoms with Gasteiger partial charge in [0.25, 0.3) is 11.8 Å². The maximum Gasteiger partial charge on any atom is 0.272 e. The Morgan fingerprint density at radius 2 is 1.63 bits per heavy atom. The van der Waals surface area contributed by atoms with Gasteiger partial charge >= 0.3 is 0 Å². The van der Waals surface area contributed by atoms with Crippen molar-refractivity contribution in [3.05, 3.63) is 87.9 Å². The van der Waals surface area contributed by atoms with Crippen molar-refractivity contribution < 1.29 is 14.0 Å². The van der Waals surface area contributed by atoms with E-state index >= 15 is 0 Å². The molecule has 0 radical (unpaired) electrons. The topological polar surface area (TPSA) is 55.9 Å². The van der Waals surface area contributed by atoms with E-state index in [2.05, 4.69) is 27.8 Å². The molecule has 6 nitrogen and oxygen atoms in total. The van der Waals surface area contributed by atoms with Gasteiger partial charge in [0.15, 0.2) is 0 Å². The molecule has 3 aromatic rings. The van der Waals surface area contributed by atoms with Crippen LogP contribution >= 0.6 is 11.3 Å². The smallest absolute Gasteiger partial charge is 0.272 e. The Hall–Kier alpha value is -3.23. The third-order valence-corrected chi connectivity index (χ3v) is 7.82. The van der Waals surface area contributed by atoms with Gasteiger partial charge in [-0.3, -0.25) is 24.9 Å². The Morgan fingerprint density at radius 3 is 2.21 bits per heavy atom. The lowest BCUT2D eigenvalue weighted by molar-refractivity contribution is 0.0643. The minimum absolute atomic E-state index is 0.00365. The molecule has 1 aliphatic heterocycles. The highest BCUT2D eigenvalue weighted by Gasteiger charge is 2.28. The zero-order valence-corrected chi connectivity index (χ0v) is 23.4. The van der Waals surface area contributed by atoms with Gasteiger partial charge in [-0.25, -0.2) is 4.39 Å². The summed E-state index contributed by atoms with van der Waals surface area (Å²) in [6, 6.07) is 17.8. The average molecular weight is 537 g/mol. The van der Waals surface area contributed by atoms with Gasteiger partial charge in [-0.1, -0.05) is 18.2 Å². The SMILES string of the molecule is CC(C)N(C(=O)c1ccc(N(NC(=O)c2ccccc2F)C2CCN(Cc3cccs3)CC2)cc1)C(C)C. The number of likely N-dealkylation sites (tertiary alicyclic amines) is 1. The minimum Gasteiger partial charge on any atom is -0.334 e. The van der Waals surface area contributed by atoms with Crippen LogP contribution < -0.4 is 10.4 Å². The highest BCUT2D eigenvalue weighted by atomic mass is 32.1. The number of anilines is 1. The Balaban J connectivity index is 1.54. The molecule has 1 aromatic heterocycles. The maximum absolute atomic E-state index is 14.4. The molecule has 4 rings (SSSR count). The molecule has 0 unspecified atom stereocenters. The Morgan fingerprint density at radius 1 is 0.974 bits per heavy atom. The number of hydrogen-bond donors (Lipinski definition) is 1. The number of piperidine rings is 1. The minimum atomic E-state index is -0.556. The van der Waals surface area contributed by atoms with Crippen molar-refractivity contribution in [1.82, 2.24) is 15.2 Å². The fourth-order valence-corrected chi connectivity index (χ4v) is 5.87. The largest absolute Gasteiger partial charge is 0.334 e. The number of thiophene rings is 1. The monoisotopic (exact) mass is 536 g/mol. The lowest BCUT2D eigenvalue weighted by Gasteiger charge is -2.39. The van der Waals surface area contributed by atoms with Crippen LogP contribution in [0.1, 0.15) is 66.1 Å². The van der Waals surface area contributed by atoms with Gasteiger partial charge in [0.2, 0.25) is 0 Å². The first-order valence-electron chi connectivity index (χ1n) is 13.3. The van der Waals surface area contributed by atoms with Gasteiger partial charge in [-0.15, -0.1) is 11.3 Å². The fourth-order valence-electron chi connectivity index (χ4n) is 5.12. The number of carbonyl (C=O) groups excluding carboxylic acids is 2. The number of hydrazine groups is 1. The van der Waals surface area contributed by atoms with Crippen molar-refractivity contribution in [1.29, 1.82) is 0 Å². The first-order chi connectivity index (χ1) is 18.2. The van der Waals surface area contributed by atoms with Crippen LogP contribution in [0.5, 0.6) is 0 Å². The zero-order chi connectivity index (χ0) is 27.2. The number of nitrogens with one attached hydrogen (secondary N) is 1. The summed E-state index contributed by atoms with van der Waals surface area (Å²) >= 11 is 1.76. The highest BCUT2D eigenvalue weighted by Crippen LogP contribution is 2.25. The van der Waals surface area contributed by atoms with Gasteiger partial charge < -0.3 is 4.90 Å². The molecule has 1 saturated heterocycles. The van der Waals surface area contributed by atoms with Crippen molar-refractivity contribution in [2.75, 3.05) is 18.1 Å². The lowest BCUT2D eigenvalue weighted by Crippen LogP contribution is -2.53. The summed E-state index contributed by atoms with van der Waals surface area (Å²) in [4.78, 5) is 31.9. The second-order valence-corrected chi connectivity index (χ2v) is 11.4. The number of rotatable bonds is 9. The normalized spacial score (nSPS) is 14.6. The Bertz CT molecular complexity index is 1200. The third-order valence-electron chi connectivity index (χ3n) is 6.96. The molecule has 0 atom stereocenters. The third kappa shape index (κ3) is 6.60. The number of amides is 2. The highest BCUT2D eigenvalue weighted by molar-refractivity contribution is 7.09. The van der Waals surface area contributed by atoms with Crippen LogP contribution in [-0.4, -0.2) is 52.8 Å². The molecule has 2 heterocycles. The summed E-state index contributed by atoms with van der Waals surface area (Å²) in [5, 5.41) is 3.95. The van der Waals surface area contributed by atoms with Crippen LogP contribution in [0.15, 0.2) is 66.0 Å². The number of hydrogen-bond acceptors (Lipinski definition) is 5. The molecule has 1 fully saturated rings. The van der Waals surface area contributed by atoms with Crippen LogP contribution in [0, 0.1) is 5.82 Å². The van der Waals surface area contributed by atoms with E-state index in [-0.39, 0.29) is 29.6 Å². The first-order valence-corrected chi connectivity index (χ1v) is 14.1. The van der Waals surface area contributed by atoms with E-state index in [1.165, 1.54) is 17.0 Å².